The summed E-state index contributed by atoms with van der Waals surface area (Å²) in [5.41, 5.74) is 2.15. The molecule has 0 radical (unpaired) electrons. The SMILES string of the molecule is CCC(NC(C)c1cccc(CO)c1)c1nccs1. The van der Waals surface area contributed by atoms with E-state index in [0.29, 0.717) is 0 Å². The van der Waals surface area contributed by atoms with Crippen molar-refractivity contribution < 1.29 is 5.11 Å². The van der Waals surface area contributed by atoms with Crippen molar-refractivity contribution in [2.45, 2.75) is 39.0 Å². The first-order valence-corrected chi connectivity index (χ1v) is 7.47. The summed E-state index contributed by atoms with van der Waals surface area (Å²) in [5.74, 6) is 0. The van der Waals surface area contributed by atoms with Gasteiger partial charge in [-0.1, -0.05) is 31.2 Å². The Kier molecular flexibility index (Phi) is 5.07. The van der Waals surface area contributed by atoms with Gasteiger partial charge in [0.05, 0.1) is 12.6 Å². The van der Waals surface area contributed by atoms with E-state index in [1.54, 1.807) is 11.3 Å². The lowest BCUT2D eigenvalue weighted by Crippen LogP contribution is -2.24. The van der Waals surface area contributed by atoms with E-state index in [1.807, 2.05) is 29.8 Å². The molecule has 1 aromatic heterocycles. The molecular weight excluding hydrogens is 256 g/mol. The van der Waals surface area contributed by atoms with Gasteiger partial charge < -0.3 is 10.4 Å². The van der Waals surface area contributed by atoms with E-state index in [2.05, 4.69) is 30.2 Å². The highest BCUT2D eigenvalue weighted by Gasteiger charge is 2.15. The Labute approximate surface area is 118 Å². The highest BCUT2D eigenvalue weighted by Crippen LogP contribution is 2.24. The van der Waals surface area contributed by atoms with Crippen LogP contribution in [0.25, 0.3) is 0 Å². The monoisotopic (exact) mass is 276 g/mol. The quantitative estimate of drug-likeness (QED) is 0.849. The van der Waals surface area contributed by atoms with Gasteiger partial charge in [-0.15, -0.1) is 11.3 Å². The van der Waals surface area contributed by atoms with Crippen LogP contribution in [-0.4, -0.2) is 10.1 Å². The summed E-state index contributed by atoms with van der Waals surface area (Å²) in [6.07, 6.45) is 2.86. The molecule has 4 heteroatoms. The molecule has 2 aromatic rings. The third-order valence-electron chi connectivity index (χ3n) is 3.24. The molecule has 3 nitrogen and oxygen atoms in total. The first kappa shape index (κ1) is 14.2. The van der Waals surface area contributed by atoms with Crippen LogP contribution in [0.15, 0.2) is 35.8 Å². The lowest BCUT2D eigenvalue weighted by atomic mass is 10.0. The summed E-state index contributed by atoms with van der Waals surface area (Å²) in [5, 5.41) is 15.9. The molecule has 1 aromatic carbocycles. The second-order valence-corrected chi connectivity index (χ2v) is 5.55. The van der Waals surface area contributed by atoms with Crippen LogP contribution in [0, 0.1) is 0 Å². The van der Waals surface area contributed by atoms with Gasteiger partial charge >= 0.3 is 0 Å². The van der Waals surface area contributed by atoms with Gasteiger partial charge in [0, 0.05) is 17.6 Å². The molecule has 0 bridgehead atoms. The maximum Gasteiger partial charge on any atom is 0.109 e. The fourth-order valence-electron chi connectivity index (χ4n) is 2.13. The summed E-state index contributed by atoms with van der Waals surface area (Å²) in [6.45, 7) is 4.40. The number of aliphatic hydroxyl groups excluding tert-OH is 1. The average molecular weight is 276 g/mol. The van der Waals surface area contributed by atoms with Crippen molar-refractivity contribution in [3.05, 3.63) is 52.0 Å². The molecule has 2 unspecified atom stereocenters. The van der Waals surface area contributed by atoms with Gasteiger partial charge in [-0.3, -0.25) is 0 Å². The van der Waals surface area contributed by atoms with Gasteiger partial charge in [0.2, 0.25) is 0 Å². The largest absolute Gasteiger partial charge is 0.392 e. The molecule has 0 aliphatic carbocycles. The molecule has 1 heterocycles. The highest BCUT2D eigenvalue weighted by atomic mass is 32.1. The van der Waals surface area contributed by atoms with E-state index >= 15 is 0 Å². The van der Waals surface area contributed by atoms with E-state index in [9.17, 15) is 5.11 Å². The molecule has 2 rings (SSSR count). The van der Waals surface area contributed by atoms with Crippen LogP contribution < -0.4 is 5.32 Å². The molecule has 0 amide bonds. The number of rotatable bonds is 6. The van der Waals surface area contributed by atoms with Crippen molar-refractivity contribution in [3.8, 4) is 0 Å². The first-order valence-electron chi connectivity index (χ1n) is 6.59. The third kappa shape index (κ3) is 3.62. The molecule has 0 fully saturated rings. The van der Waals surface area contributed by atoms with Crippen molar-refractivity contribution in [1.29, 1.82) is 0 Å². The van der Waals surface area contributed by atoms with Gasteiger partial charge in [-0.25, -0.2) is 4.98 Å². The van der Waals surface area contributed by atoms with Crippen LogP contribution in [0.5, 0.6) is 0 Å². The smallest absolute Gasteiger partial charge is 0.109 e. The van der Waals surface area contributed by atoms with Gasteiger partial charge in [0.1, 0.15) is 5.01 Å². The molecule has 102 valence electrons. The standard InChI is InChI=1S/C15H20N2OS/c1-3-14(15-16-7-8-19-15)17-11(2)13-6-4-5-12(9-13)10-18/h4-9,11,14,17-18H,3,10H2,1-2H3. The lowest BCUT2D eigenvalue weighted by molar-refractivity contribution is 0.281. The number of aliphatic hydroxyl groups is 1. The van der Waals surface area contributed by atoms with Crippen LogP contribution in [0.2, 0.25) is 0 Å². The van der Waals surface area contributed by atoms with Gasteiger partial charge in [-0.2, -0.15) is 0 Å². The van der Waals surface area contributed by atoms with Gasteiger partial charge in [0.15, 0.2) is 0 Å². The summed E-state index contributed by atoms with van der Waals surface area (Å²) in [6, 6.07) is 8.59. The van der Waals surface area contributed by atoms with Crippen LogP contribution >= 0.6 is 11.3 Å². The molecule has 0 saturated heterocycles. The maximum absolute atomic E-state index is 9.19. The van der Waals surface area contributed by atoms with Crippen LogP contribution in [0.3, 0.4) is 0 Å². The Bertz CT molecular complexity index is 499. The zero-order chi connectivity index (χ0) is 13.7. The normalized spacial score (nSPS) is 14.3. The molecular formula is C15H20N2OS. The van der Waals surface area contributed by atoms with E-state index in [-0.39, 0.29) is 18.7 Å². The minimum atomic E-state index is 0.0875. The third-order valence-corrected chi connectivity index (χ3v) is 4.13. The molecule has 2 N–H and O–H groups in total. The molecule has 19 heavy (non-hydrogen) atoms. The minimum absolute atomic E-state index is 0.0875. The number of nitrogens with one attached hydrogen (secondary N) is 1. The summed E-state index contributed by atoms with van der Waals surface area (Å²) >= 11 is 1.69. The van der Waals surface area contributed by atoms with Crippen LogP contribution in [0.1, 0.15) is 48.5 Å². The van der Waals surface area contributed by atoms with E-state index < -0.39 is 0 Å². The average Bonchev–Trinajstić information content (AvgIpc) is 2.98. The number of hydrogen-bond acceptors (Lipinski definition) is 4. The number of nitrogens with zero attached hydrogens (tertiary/aromatic N) is 1. The molecule has 0 spiro atoms. The minimum Gasteiger partial charge on any atom is -0.392 e. The zero-order valence-corrected chi connectivity index (χ0v) is 12.2. The Balaban J connectivity index is 2.08. The van der Waals surface area contributed by atoms with Crippen molar-refractivity contribution in [1.82, 2.24) is 10.3 Å². The summed E-state index contributed by atoms with van der Waals surface area (Å²) < 4.78 is 0. The van der Waals surface area contributed by atoms with Gasteiger partial charge in [0.25, 0.3) is 0 Å². The molecule has 2 atom stereocenters. The Hall–Kier alpha value is -1.23. The number of hydrogen-bond donors (Lipinski definition) is 2. The predicted octanol–water partition coefficient (Wildman–Crippen LogP) is 3.44. The van der Waals surface area contributed by atoms with Crippen LogP contribution in [0.4, 0.5) is 0 Å². The second kappa shape index (κ2) is 6.80. The summed E-state index contributed by atoms with van der Waals surface area (Å²) in [4.78, 5) is 4.38. The Morgan fingerprint density at radius 1 is 1.42 bits per heavy atom. The molecule has 0 saturated carbocycles. The van der Waals surface area contributed by atoms with Crippen molar-refractivity contribution in [2.75, 3.05) is 0 Å². The highest BCUT2D eigenvalue weighted by molar-refractivity contribution is 7.09. The predicted molar refractivity (Wildman–Crippen MR) is 79.1 cm³/mol. The summed E-state index contributed by atoms with van der Waals surface area (Å²) in [7, 11) is 0. The topological polar surface area (TPSA) is 45.1 Å². The van der Waals surface area contributed by atoms with Gasteiger partial charge in [-0.05, 0) is 24.5 Å². The lowest BCUT2D eigenvalue weighted by Gasteiger charge is -2.21. The maximum atomic E-state index is 9.19. The first-order chi connectivity index (χ1) is 9.24. The van der Waals surface area contributed by atoms with Crippen molar-refractivity contribution in [2.24, 2.45) is 0 Å². The van der Waals surface area contributed by atoms with E-state index in [0.717, 1.165) is 17.0 Å². The fraction of sp³-hybridized carbons (Fsp3) is 0.400. The Morgan fingerprint density at radius 3 is 2.89 bits per heavy atom. The Morgan fingerprint density at radius 2 is 2.26 bits per heavy atom. The zero-order valence-electron chi connectivity index (χ0n) is 11.3. The van der Waals surface area contributed by atoms with Crippen LogP contribution in [-0.2, 0) is 6.61 Å². The van der Waals surface area contributed by atoms with E-state index in [4.69, 9.17) is 0 Å². The number of thiazole rings is 1. The van der Waals surface area contributed by atoms with Crippen molar-refractivity contribution in [3.63, 3.8) is 0 Å². The number of aromatic nitrogens is 1. The second-order valence-electron chi connectivity index (χ2n) is 4.62. The fourth-order valence-corrected chi connectivity index (χ4v) is 2.91. The molecule has 0 aliphatic heterocycles. The number of benzene rings is 1. The van der Waals surface area contributed by atoms with Crippen molar-refractivity contribution >= 4 is 11.3 Å². The van der Waals surface area contributed by atoms with E-state index in [1.165, 1.54) is 5.56 Å². The molecule has 0 aliphatic rings.